The van der Waals surface area contributed by atoms with Crippen molar-refractivity contribution < 1.29 is 27.4 Å². The highest BCUT2D eigenvalue weighted by atomic mass is 19.4. The average Bonchev–Trinajstić information content (AvgIpc) is 3.29. The van der Waals surface area contributed by atoms with Crippen LogP contribution in [-0.4, -0.2) is 80.5 Å². The Morgan fingerprint density at radius 1 is 1.23 bits per heavy atom. The zero-order valence-corrected chi connectivity index (χ0v) is 20.8. The first-order valence-electron chi connectivity index (χ1n) is 12.6. The number of aromatic nitrogens is 1. The summed E-state index contributed by atoms with van der Waals surface area (Å²) in [5, 5.41) is 3.75. The van der Waals surface area contributed by atoms with Crippen molar-refractivity contribution in [2.24, 2.45) is 11.3 Å². The highest BCUT2D eigenvalue weighted by Gasteiger charge is 2.50. The molecule has 3 heterocycles. The first kappa shape index (κ1) is 26.2. The van der Waals surface area contributed by atoms with Crippen molar-refractivity contribution in [2.45, 2.75) is 63.9 Å². The van der Waals surface area contributed by atoms with E-state index >= 15 is 0 Å². The van der Waals surface area contributed by atoms with Gasteiger partial charge in [0.2, 0.25) is 5.91 Å². The van der Waals surface area contributed by atoms with Crippen LogP contribution in [0.1, 0.15) is 45.1 Å². The lowest BCUT2D eigenvalue weighted by Gasteiger charge is -2.42. The number of carbonyl (C=O) groups excluding carboxylic acids is 1. The van der Waals surface area contributed by atoms with Crippen LogP contribution in [-0.2, 0) is 20.4 Å². The number of nitrogens with zero attached hydrogens (tertiary/aromatic N) is 3. The fourth-order valence-electron chi connectivity index (χ4n) is 5.86. The van der Waals surface area contributed by atoms with Gasteiger partial charge in [0.05, 0.1) is 35.6 Å². The molecule has 1 amide bonds. The summed E-state index contributed by atoms with van der Waals surface area (Å²) in [6.45, 7) is 7.50. The number of piperazine rings is 1. The monoisotopic (exact) mass is 498 g/mol. The van der Waals surface area contributed by atoms with E-state index in [0.717, 1.165) is 37.9 Å². The molecule has 3 fully saturated rings. The maximum atomic E-state index is 13.8. The number of ether oxygens (including phenoxy) is 2. The van der Waals surface area contributed by atoms with Crippen molar-refractivity contribution in [3.63, 3.8) is 0 Å². The molecule has 3 aliphatic rings. The van der Waals surface area contributed by atoms with Crippen molar-refractivity contribution in [1.29, 1.82) is 0 Å². The van der Waals surface area contributed by atoms with Crippen LogP contribution in [0, 0.1) is 11.3 Å². The Balaban J connectivity index is 1.38. The van der Waals surface area contributed by atoms with Gasteiger partial charge in [-0.2, -0.15) is 13.2 Å². The fraction of sp³-hybridized carbons (Fsp3) is 0.760. The van der Waals surface area contributed by atoms with E-state index in [1.165, 1.54) is 6.20 Å². The Morgan fingerprint density at radius 3 is 2.63 bits per heavy atom. The van der Waals surface area contributed by atoms with Gasteiger partial charge in [-0.25, -0.2) is 0 Å². The topological polar surface area (TPSA) is 66.9 Å². The van der Waals surface area contributed by atoms with Crippen LogP contribution in [0.2, 0.25) is 0 Å². The predicted molar refractivity (Wildman–Crippen MR) is 126 cm³/mol. The van der Waals surface area contributed by atoms with E-state index in [2.05, 4.69) is 24.1 Å². The van der Waals surface area contributed by atoms with Gasteiger partial charge >= 0.3 is 6.18 Å². The van der Waals surface area contributed by atoms with Gasteiger partial charge in [0.25, 0.3) is 0 Å². The molecule has 1 N–H and O–H groups in total. The highest BCUT2D eigenvalue weighted by molar-refractivity contribution is 5.84. The number of alkyl halides is 3. The predicted octanol–water partition coefficient (Wildman–Crippen LogP) is 3.34. The summed E-state index contributed by atoms with van der Waals surface area (Å²) in [4.78, 5) is 21.4. The third-order valence-corrected chi connectivity index (χ3v) is 8.12. The molecule has 2 aliphatic heterocycles. The summed E-state index contributed by atoms with van der Waals surface area (Å²) in [5.74, 6) is 0.370. The molecule has 0 aromatic carbocycles. The Bertz CT molecular complexity index is 876. The highest BCUT2D eigenvalue weighted by Crippen LogP contribution is 2.46. The standard InChI is InChI=1S/C25H37F3N4O3/c1-17(2)24(6-4-19(13-24)30-21-5-11-35-16-22(21)34-3)23(33)32-9-7-31(8-10-32)20-12-18(14-29-15-20)25(26,27)28/h12,14-15,17,19,21-22,30H,4-11,13,16H2,1-3H3/t19-,21?,22?,24?/m1/s1. The Kier molecular flexibility index (Phi) is 7.92. The molecule has 196 valence electrons. The second kappa shape index (κ2) is 10.6. The molecule has 0 spiro atoms. The molecule has 10 heteroatoms. The van der Waals surface area contributed by atoms with Crippen molar-refractivity contribution >= 4 is 11.6 Å². The Hall–Kier alpha value is -1.91. The van der Waals surface area contributed by atoms with Crippen LogP contribution in [0.4, 0.5) is 18.9 Å². The van der Waals surface area contributed by atoms with E-state index < -0.39 is 17.2 Å². The van der Waals surface area contributed by atoms with Gasteiger partial charge in [-0.1, -0.05) is 13.8 Å². The molecule has 1 aromatic rings. The third-order valence-electron chi connectivity index (χ3n) is 8.12. The van der Waals surface area contributed by atoms with E-state index in [0.29, 0.717) is 45.1 Å². The maximum Gasteiger partial charge on any atom is 0.417 e. The number of anilines is 1. The van der Waals surface area contributed by atoms with Crippen LogP contribution in [0.5, 0.6) is 0 Å². The normalized spacial score (nSPS) is 30.2. The van der Waals surface area contributed by atoms with Crippen LogP contribution in [0.3, 0.4) is 0 Å². The molecule has 2 saturated heterocycles. The number of pyridine rings is 1. The number of methoxy groups -OCH3 is 1. The second-order valence-electron chi connectivity index (χ2n) is 10.4. The van der Waals surface area contributed by atoms with Crippen molar-refractivity contribution in [2.75, 3.05) is 51.4 Å². The van der Waals surface area contributed by atoms with Gasteiger partial charge in [-0.05, 0) is 37.7 Å². The molecule has 7 nitrogen and oxygen atoms in total. The van der Waals surface area contributed by atoms with Gasteiger partial charge in [0.15, 0.2) is 0 Å². The van der Waals surface area contributed by atoms with Gasteiger partial charge in [0.1, 0.15) is 0 Å². The SMILES string of the molecule is COC1COCCC1N[C@@H]1CCC(C(=O)N2CCN(c3cncc(C(F)(F)F)c3)CC2)(C(C)C)C1. The van der Waals surface area contributed by atoms with Crippen LogP contribution in [0.15, 0.2) is 18.5 Å². The number of carbonyl (C=O) groups is 1. The first-order valence-corrected chi connectivity index (χ1v) is 12.6. The number of rotatable bonds is 6. The molecule has 3 unspecified atom stereocenters. The van der Waals surface area contributed by atoms with Gasteiger partial charge in [0, 0.05) is 58.2 Å². The van der Waals surface area contributed by atoms with Gasteiger partial charge in [-0.15, -0.1) is 0 Å². The second-order valence-corrected chi connectivity index (χ2v) is 10.4. The lowest BCUT2D eigenvalue weighted by molar-refractivity contribution is -0.145. The van der Waals surface area contributed by atoms with Crippen LogP contribution < -0.4 is 10.2 Å². The molecule has 0 radical (unpaired) electrons. The average molecular weight is 499 g/mol. The number of hydrogen-bond acceptors (Lipinski definition) is 6. The van der Waals surface area contributed by atoms with Crippen molar-refractivity contribution in [3.05, 3.63) is 24.0 Å². The molecule has 4 atom stereocenters. The molecule has 35 heavy (non-hydrogen) atoms. The zero-order valence-electron chi connectivity index (χ0n) is 20.8. The summed E-state index contributed by atoms with van der Waals surface area (Å²) in [7, 11) is 1.71. The fourth-order valence-corrected chi connectivity index (χ4v) is 5.86. The largest absolute Gasteiger partial charge is 0.417 e. The Labute approximate surface area is 205 Å². The molecule has 1 aromatic heterocycles. The number of nitrogens with one attached hydrogen (secondary N) is 1. The minimum Gasteiger partial charge on any atom is -0.379 e. The maximum absolute atomic E-state index is 13.8. The molecular formula is C25H37F3N4O3. The van der Waals surface area contributed by atoms with E-state index in [4.69, 9.17) is 9.47 Å². The smallest absolute Gasteiger partial charge is 0.379 e. The minimum absolute atomic E-state index is 0.0203. The molecular weight excluding hydrogens is 461 g/mol. The summed E-state index contributed by atoms with van der Waals surface area (Å²) in [6, 6.07) is 1.61. The molecule has 0 bridgehead atoms. The number of halogens is 3. The van der Waals surface area contributed by atoms with E-state index in [-0.39, 0.29) is 30.0 Å². The lowest BCUT2D eigenvalue weighted by atomic mass is 9.74. The molecule has 1 saturated carbocycles. The van der Waals surface area contributed by atoms with Gasteiger partial charge in [-0.3, -0.25) is 9.78 Å². The first-order chi connectivity index (χ1) is 16.6. The molecule has 1 aliphatic carbocycles. The number of amides is 1. The quantitative estimate of drug-likeness (QED) is 0.649. The van der Waals surface area contributed by atoms with Crippen molar-refractivity contribution in [3.8, 4) is 0 Å². The minimum atomic E-state index is -4.43. The van der Waals surface area contributed by atoms with Crippen LogP contribution in [0.25, 0.3) is 0 Å². The zero-order chi connectivity index (χ0) is 25.2. The summed E-state index contributed by atoms with van der Waals surface area (Å²) >= 11 is 0. The number of hydrogen-bond donors (Lipinski definition) is 1. The van der Waals surface area contributed by atoms with E-state index in [1.807, 2.05) is 9.80 Å². The van der Waals surface area contributed by atoms with Crippen LogP contribution >= 0.6 is 0 Å². The van der Waals surface area contributed by atoms with Crippen molar-refractivity contribution in [1.82, 2.24) is 15.2 Å². The molecule has 4 rings (SSSR count). The summed E-state index contributed by atoms with van der Waals surface area (Å²) < 4.78 is 50.4. The van der Waals surface area contributed by atoms with E-state index in [9.17, 15) is 18.0 Å². The summed E-state index contributed by atoms with van der Waals surface area (Å²) in [5.41, 5.74) is -0.734. The lowest BCUT2D eigenvalue weighted by Crippen LogP contribution is -2.55. The van der Waals surface area contributed by atoms with E-state index in [1.54, 1.807) is 7.11 Å². The summed E-state index contributed by atoms with van der Waals surface area (Å²) in [6.07, 6.45) is 1.35. The third kappa shape index (κ3) is 5.59. The van der Waals surface area contributed by atoms with Gasteiger partial charge < -0.3 is 24.6 Å². The Morgan fingerprint density at radius 2 is 1.97 bits per heavy atom.